The molecule has 0 radical (unpaired) electrons. The minimum atomic E-state index is -0.719. The van der Waals surface area contributed by atoms with Gasteiger partial charge in [0.05, 0.1) is 6.20 Å². The average Bonchev–Trinajstić information content (AvgIpc) is 3.27. The Labute approximate surface area is 142 Å². The minimum Gasteiger partial charge on any atom is -0.386 e. The number of benzene rings is 1. The number of carbonyl (C=O) groups is 1. The first-order chi connectivity index (χ1) is 11.6. The maximum Gasteiger partial charge on any atom is 0.244 e. The van der Waals surface area contributed by atoms with Gasteiger partial charge in [-0.05, 0) is 18.4 Å². The molecule has 0 spiro atoms. The molecule has 1 atom stereocenters. The molecular formula is C18H24N4O2. The molecule has 6 heteroatoms. The molecule has 2 aromatic rings. The van der Waals surface area contributed by atoms with Gasteiger partial charge in [0.15, 0.2) is 0 Å². The maximum atomic E-state index is 12.3. The van der Waals surface area contributed by atoms with E-state index in [1.807, 2.05) is 42.3 Å². The predicted molar refractivity (Wildman–Crippen MR) is 90.2 cm³/mol. The fourth-order valence-corrected chi connectivity index (χ4v) is 3.23. The van der Waals surface area contributed by atoms with E-state index in [0.29, 0.717) is 18.2 Å². The van der Waals surface area contributed by atoms with Crippen molar-refractivity contribution in [3.63, 3.8) is 0 Å². The molecule has 0 saturated heterocycles. The molecule has 1 unspecified atom stereocenters. The van der Waals surface area contributed by atoms with Gasteiger partial charge in [-0.3, -0.25) is 4.79 Å². The molecule has 1 aliphatic rings. The molecule has 6 nitrogen and oxygen atoms in total. The van der Waals surface area contributed by atoms with Crippen LogP contribution in [0.5, 0.6) is 0 Å². The number of nitrogens with zero attached hydrogens (tertiary/aromatic N) is 4. The molecule has 1 saturated carbocycles. The van der Waals surface area contributed by atoms with E-state index in [-0.39, 0.29) is 12.5 Å². The van der Waals surface area contributed by atoms with Crippen molar-refractivity contribution in [3.8, 4) is 0 Å². The lowest BCUT2D eigenvalue weighted by atomic mass is 10.1. The molecule has 3 rings (SSSR count). The third kappa shape index (κ3) is 4.00. The van der Waals surface area contributed by atoms with Crippen LogP contribution in [0.25, 0.3) is 0 Å². The van der Waals surface area contributed by atoms with Crippen LogP contribution in [-0.2, 0) is 17.8 Å². The maximum absolute atomic E-state index is 12.3. The first kappa shape index (κ1) is 16.6. The summed E-state index contributed by atoms with van der Waals surface area (Å²) in [6, 6.07) is 10.1. The fourth-order valence-electron chi connectivity index (χ4n) is 3.23. The number of rotatable bonds is 6. The summed E-state index contributed by atoms with van der Waals surface area (Å²) in [5.41, 5.74) is 1.53. The van der Waals surface area contributed by atoms with Crippen molar-refractivity contribution in [2.75, 3.05) is 7.05 Å². The third-order valence-electron chi connectivity index (χ3n) is 4.73. The van der Waals surface area contributed by atoms with Crippen molar-refractivity contribution < 1.29 is 9.90 Å². The number of likely N-dealkylation sites (N-methyl/N-ethyl adjacent to an activating group) is 1. The highest BCUT2D eigenvalue weighted by Crippen LogP contribution is 2.22. The van der Waals surface area contributed by atoms with Crippen LogP contribution in [0.4, 0.5) is 0 Å². The van der Waals surface area contributed by atoms with Gasteiger partial charge in [0, 0.05) is 19.5 Å². The Morgan fingerprint density at radius 1 is 1.33 bits per heavy atom. The summed E-state index contributed by atoms with van der Waals surface area (Å²) < 4.78 is 1.51. The summed E-state index contributed by atoms with van der Waals surface area (Å²) >= 11 is 0. The molecule has 1 amide bonds. The van der Waals surface area contributed by atoms with Crippen molar-refractivity contribution in [1.29, 1.82) is 0 Å². The summed E-state index contributed by atoms with van der Waals surface area (Å²) in [6.07, 6.45) is 5.98. The zero-order valence-electron chi connectivity index (χ0n) is 14.0. The van der Waals surface area contributed by atoms with E-state index < -0.39 is 6.10 Å². The Morgan fingerprint density at radius 3 is 2.75 bits per heavy atom. The largest absolute Gasteiger partial charge is 0.386 e. The van der Waals surface area contributed by atoms with Crippen LogP contribution >= 0.6 is 0 Å². The van der Waals surface area contributed by atoms with E-state index in [9.17, 15) is 9.90 Å². The van der Waals surface area contributed by atoms with Gasteiger partial charge in [0.25, 0.3) is 0 Å². The molecule has 1 aliphatic carbocycles. The molecule has 128 valence electrons. The van der Waals surface area contributed by atoms with Crippen LogP contribution in [0.1, 0.15) is 43.0 Å². The lowest BCUT2D eigenvalue weighted by Crippen LogP contribution is -2.37. The van der Waals surface area contributed by atoms with E-state index in [1.165, 1.54) is 17.5 Å². The normalized spacial score (nSPS) is 16.2. The number of amides is 1. The number of aliphatic hydroxyl groups is 1. The second kappa shape index (κ2) is 7.57. The van der Waals surface area contributed by atoms with Crippen LogP contribution in [0, 0.1) is 0 Å². The average molecular weight is 328 g/mol. The second-order valence-electron chi connectivity index (χ2n) is 6.49. The van der Waals surface area contributed by atoms with Crippen LogP contribution in [-0.4, -0.2) is 44.0 Å². The van der Waals surface area contributed by atoms with Gasteiger partial charge in [-0.2, -0.15) is 0 Å². The third-order valence-corrected chi connectivity index (χ3v) is 4.73. The predicted octanol–water partition coefficient (Wildman–Crippen LogP) is 1.96. The topological polar surface area (TPSA) is 71.2 Å². The highest BCUT2D eigenvalue weighted by atomic mass is 16.3. The number of carbonyl (C=O) groups excluding carboxylic acids is 1. The SMILES string of the molecule is CN(C(=O)Cn1cc(C(O)Cc2ccccc2)nn1)C1CCCC1. The molecule has 0 aliphatic heterocycles. The highest BCUT2D eigenvalue weighted by Gasteiger charge is 2.24. The molecule has 0 bridgehead atoms. The lowest BCUT2D eigenvalue weighted by Gasteiger charge is -2.24. The van der Waals surface area contributed by atoms with E-state index >= 15 is 0 Å². The Hall–Kier alpha value is -2.21. The summed E-state index contributed by atoms with van der Waals surface area (Å²) in [5.74, 6) is 0.0379. The summed E-state index contributed by atoms with van der Waals surface area (Å²) in [7, 11) is 1.86. The van der Waals surface area contributed by atoms with Crippen molar-refractivity contribution in [1.82, 2.24) is 19.9 Å². The molecule has 1 aromatic carbocycles. The first-order valence-corrected chi connectivity index (χ1v) is 8.51. The summed E-state index contributed by atoms with van der Waals surface area (Å²) in [4.78, 5) is 14.2. The van der Waals surface area contributed by atoms with Gasteiger partial charge in [-0.1, -0.05) is 48.4 Å². The quantitative estimate of drug-likeness (QED) is 0.880. The van der Waals surface area contributed by atoms with Gasteiger partial charge < -0.3 is 10.0 Å². The minimum absolute atomic E-state index is 0.0379. The van der Waals surface area contributed by atoms with E-state index in [4.69, 9.17) is 0 Å². The smallest absolute Gasteiger partial charge is 0.244 e. The van der Waals surface area contributed by atoms with Gasteiger partial charge in [0.2, 0.25) is 5.91 Å². The highest BCUT2D eigenvalue weighted by molar-refractivity contribution is 5.75. The van der Waals surface area contributed by atoms with Crippen molar-refractivity contribution in [3.05, 3.63) is 47.8 Å². The molecule has 1 aromatic heterocycles. The van der Waals surface area contributed by atoms with Gasteiger partial charge >= 0.3 is 0 Å². The first-order valence-electron chi connectivity index (χ1n) is 8.51. The lowest BCUT2D eigenvalue weighted by molar-refractivity contribution is -0.132. The Balaban J connectivity index is 1.57. The van der Waals surface area contributed by atoms with Crippen molar-refractivity contribution in [2.24, 2.45) is 0 Å². The van der Waals surface area contributed by atoms with Gasteiger partial charge in [-0.25, -0.2) is 4.68 Å². The van der Waals surface area contributed by atoms with Crippen molar-refractivity contribution in [2.45, 2.75) is 50.8 Å². The van der Waals surface area contributed by atoms with Crippen LogP contribution in [0.3, 0.4) is 0 Å². The standard InChI is InChI=1S/C18H24N4O2/c1-21(15-9-5-6-10-15)18(24)13-22-12-16(19-20-22)17(23)11-14-7-3-2-4-8-14/h2-4,7-8,12,15,17,23H,5-6,9-11,13H2,1H3. The molecule has 1 N–H and O–H groups in total. The van der Waals surface area contributed by atoms with Crippen molar-refractivity contribution >= 4 is 5.91 Å². The van der Waals surface area contributed by atoms with Crippen LogP contribution in [0.15, 0.2) is 36.5 Å². The zero-order valence-corrected chi connectivity index (χ0v) is 14.0. The number of aliphatic hydroxyl groups excluding tert-OH is 1. The number of hydrogen-bond donors (Lipinski definition) is 1. The van der Waals surface area contributed by atoms with Crippen LogP contribution in [0.2, 0.25) is 0 Å². The molecule has 1 heterocycles. The van der Waals surface area contributed by atoms with E-state index in [1.54, 1.807) is 6.20 Å². The number of aromatic nitrogens is 3. The Bertz CT molecular complexity index is 665. The number of hydrogen-bond acceptors (Lipinski definition) is 4. The molecule has 1 fully saturated rings. The summed E-state index contributed by atoms with van der Waals surface area (Å²) in [5, 5.41) is 18.3. The van der Waals surface area contributed by atoms with Crippen LogP contribution < -0.4 is 0 Å². The van der Waals surface area contributed by atoms with Gasteiger partial charge in [0.1, 0.15) is 18.3 Å². The fraction of sp³-hybridized carbons (Fsp3) is 0.500. The molecular weight excluding hydrogens is 304 g/mol. The Morgan fingerprint density at radius 2 is 2.04 bits per heavy atom. The zero-order chi connectivity index (χ0) is 16.9. The Kier molecular flexibility index (Phi) is 5.25. The molecule has 24 heavy (non-hydrogen) atoms. The van der Waals surface area contributed by atoms with E-state index in [0.717, 1.165) is 18.4 Å². The van der Waals surface area contributed by atoms with E-state index in [2.05, 4.69) is 10.3 Å². The monoisotopic (exact) mass is 328 g/mol. The summed E-state index contributed by atoms with van der Waals surface area (Å²) in [6.45, 7) is 0.165. The van der Waals surface area contributed by atoms with Gasteiger partial charge in [-0.15, -0.1) is 5.10 Å². The second-order valence-corrected chi connectivity index (χ2v) is 6.49.